The Labute approximate surface area is 172 Å². The van der Waals surface area contributed by atoms with E-state index in [0.29, 0.717) is 17.8 Å². The van der Waals surface area contributed by atoms with Gasteiger partial charge in [-0.05, 0) is 43.7 Å². The minimum Gasteiger partial charge on any atom is -0.452 e. The number of hydrogen-bond acceptors (Lipinski definition) is 4. The highest BCUT2D eigenvalue weighted by Gasteiger charge is 2.17. The van der Waals surface area contributed by atoms with Gasteiger partial charge in [-0.15, -0.1) is 0 Å². The molecule has 144 valence electrons. The summed E-state index contributed by atoms with van der Waals surface area (Å²) in [5.41, 5.74) is 3.84. The fourth-order valence-electron chi connectivity index (χ4n) is 2.88. The number of aryl methyl sites for hydroxylation is 2. The zero-order chi connectivity index (χ0) is 20.3. The molecule has 3 aromatic rings. The molecule has 28 heavy (non-hydrogen) atoms. The van der Waals surface area contributed by atoms with Gasteiger partial charge in [-0.1, -0.05) is 45.8 Å². The first kappa shape index (κ1) is 20.0. The van der Waals surface area contributed by atoms with Crippen LogP contribution in [0.1, 0.15) is 27.2 Å². The van der Waals surface area contributed by atoms with Crippen LogP contribution < -0.4 is 0 Å². The third-order valence-electron chi connectivity index (χ3n) is 4.50. The van der Waals surface area contributed by atoms with Crippen molar-refractivity contribution in [3.63, 3.8) is 0 Å². The van der Waals surface area contributed by atoms with Crippen molar-refractivity contribution in [3.05, 3.63) is 75.4 Å². The van der Waals surface area contributed by atoms with Gasteiger partial charge in [-0.2, -0.15) is 0 Å². The summed E-state index contributed by atoms with van der Waals surface area (Å²) in [5.74, 6) is -0.817. The van der Waals surface area contributed by atoms with Crippen LogP contribution in [0.15, 0.2) is 53.0 Å². The number of likely N-dealkylation sites (N-methyl/N-ethyl adjacent to an activating group) is 1. The molecular formula is C22H21BrN2O3. The second-order valence-electron chi connectivity index (χ2n) is 6.73. The lowest BCUT2D eigenvalue weighted by Gasteiger charge is -2.18. The molecule has 0 atom stereocenters. The van der Waals surface area contributed by atoms with Gasteiger partial charge in [0.1, 0.15) is 0 Å². The van der Waals surface area contributed by atoms with Crippen molar-refractivity contribution < 1.29 is 14.3 Å². The highest BCUT2D eigenvalue weighted by molar-refractivity contribution is 9.10. The van der Waals surface area contributed by atoms with Gasteiger partial charge in [-0.3, -0.25) is 9.78 Å². The first-order valence-corrected chi connectivity index (χ1v) is 9.67. The lowest BCUT2D eigenvalue weighted by Crippen LogP contribution is -2.31. The predicted molar refractivity (Wildman–Crippen MR) is 112 cm³/mol. The number of fused-ring (bicyclic) bond motifs is 1. The number of benzene rings is 2. The van der Waals surface area contributed by atoms with Crippen molar-refractivity contribution in [1.82, 2.24) is 9.88 Å². The van der Waals surface area contributed by atoms with Gasteiger partial charge >= 0.3 is 5.97 Å². The van der Waals surface area contributed by atoms with E-state index in [9.17, 15) is 9.59 Å². The van der Waals surface area contributed by atoms with E-state index in [2.05, 4.69) is 20.9 Å². The Kier molecular flexibility index (Phi) is 6.09. The van der Waals surface area contributed by atoms with Crippen LogP contribution in [0.2, 0.25) is 0 Å². The smallest absolute Gasteiger partial charge is 0.340 e. The summed E-state index contributed by atoms with van der Waals surface area (Å²) in [5, 5.41) is 0.870. The van der Waals surface area contributed by atoms with Crippen molar-refractivity contribution >= 4 is 38.7 Å². The van der Waals surface area contributed by atoms with Crippen LogP contribution in [-0.2, 0) is 16.1 Å². The summed E-state index contributed by atoms with van der Waals surface area (Å²) in [6.07, 6.45) is 0. The molecule has 0 unspecified atom stereocenters. The molecule has 0 aliphatic rings. The van der Waals surface area contributed by atoms with Crippen molar-refractivity contribution in [2.24, 2.45) is 0 Å². The number of rotatable bonds is 5. The Balaban J connectivity index is 1.66. The van der Waals surface area contributed by atoms with E-state index >= 15 is 0 Å². The summed E-state index contributed by atoms with van der Waals surface area (Å²) in [6, 6.07) is 15.3. The minimum absolute atomic E-state index is 0.272. The third-order valence-corrected chi connectivity index (χ3v) is 5.27. The van der Waals surface area contributed by atoms with Crippen LogP contribution in [0.5, 0.6) is 0 Å². The first-order chi connectivity index (χ1) is 13.3. The molecule has 3 rings (SSSR count). The van der Waals surface area contributed by atoms with E-state index < -0.39 is 5.97 Å². The zero-order valence-corrected chi connectivity index (χ0v) is 17.6. The quantitative estimate of drug-likeness (QED) is 0.550. The van der Waals surface area contributed by atoms with Crippen LogP contribution in [0.25, 0.3) is 10.9 Å². The molecule has 0 radical (unpaired) electrons. The molecule has 6 heteroatoms. The molecule has 2 aromatic carbocycles. The van der Waals surface area contributed by atoms with Gasteiger partial charge in [0.15, 0.2) is 6.61 Å². The molecular weight excluding hydrogens is 420 g/mol. The number of carbonyl (C=O) groups is 2. The predicted octanol–water partition coefficient (Wildman–Crippen LogP) is 4.43. The molecule has 0 aliphatic heterocycles. The maximum atomic E-state index is 12.5. The molecule has 1 heterocycles. The highest BCUT2D eigenvalue weighted by Crippen LogP contribution is 2.19. The largest absolute Gasteiger partial charge is 0.452 e. The highest BCUT2D eigenvalue weighted by atomic mass is 79.9. The Bertz CT molecular complexity index is 1050. The molecule has 0 saturated heterocycles. The lowest BCUT2D eigenvalue weighted by atomic mass is 10.1. The molecule has 5 nitrogen and oxygen atoms in total. The van der Waals surface area contributed by atoms with Gasteiger partial charge in [-0.25, -0.2) is 4.79 Å². The number of amides is 1. The number of halogens is 1. The fraction of sp³-hybridized carbons (Fsp3) is 0.227. The van der Waals surface area contributed by atoms with E-state index in [-0.39, 0.29) is 12.5 Å². The van der Waals surface area contributed by atoms with Crippen molar-refractivity contribution in [2.75, 3.05) is 13.7 Å². The molecule has 0 spiro atoms. The monoisotopic (exact) mass is 440 g/mol. The number of hydrogen-bond donors (Lipinski definition) is 0. The molecule has 0 N–H and O–H groups in total. The van der Waals surface area contributed by atoms with Gasteiger partial charge in [0.05, 0.1) is 16.8 Å². The van der Waals surface area contributed by atoms with Gasteiger partial charge < -0.3 is 9.64 Å². The number of nitrogens with zero attached hydrogens (tertiary/aromatic N) is 2. The Morgan fingerprint density at radius 1 is 1.11 bits per heavy atom. The first-order valence-electron chi connectivity index (χ1n) is 8.87. The maximum absolute atomic E-state index is 12.5. The Morgan fingerprint density at radius 2 is 1.86 bits per heavy atom. The molecule has 1 amide bonds. The van der Waals surface area contributed by atoms with E-state index in [4.69, 9.17) is 4.74 Å². The van der Waals surface area contributed by atoms with Crippen LogP contribution in [-0.4, -0.2) is 35.4 Å². The van der Waals surface area contributed by atoms with Crippen LogP contribution in [0, 0.1) is 13.8 Å². The molecule has 0 aliphatic carbocycles. The average molecular weight is 441 g/mol. The summed E-state index contributed by atoms with van der Waals surface area (Å²) < 4.78 is 6.19. The number of aromatic nitrogens is 1. The molecule has 0 saturated carbocycles. The van der Waals surface area contributed by atoms with Gasteiger partial charge in [0.2, 0.25) is 0 Å². The maximum Gasteiger partial charge on any atom is 0.340 e. The third kappa shape index (κ3) is 4.57. The van der Waals surface area contributed by atoms with Crippen molar-refractivity contribution in [2.45, 2.75) is 20.4 Å². The topological polar surface area (TPSA) is 59.5 Å². The number of pyridine rings is 1. The van der Waals surface area contributed by atoms with Crippen LogP contribution >= 0.6 is 15.9 Å². The number of esters is 1. The van der Waals surface area contributed by atoms with Gasteiger partial charge in [0.25, 0.3) is 5.91 Å². The van der Waals surface area contributed by atoms with E-state index in [1.54, 1.807) is 20.0 Å². The molecule has 1 aromatic heterocycles. The Hall–Kier alpha value is -2.73. The molecule has 0 bridgehead atoms. The van der Waals surface area contributed by atoms with E-state index in [1.807, 2.05) is 49.4 Å². The average Bonchev–Trinajstić information content (AvgIpc) is 2.67. The summed E-state index contributed by atoms with van der Waals surface area (Å²) in [7, 11) is 1.68. The number of ether oxygens (including phenoxy) is 1. The molecule has 0 fully saturated rings. The summed E-state index contributed by atoms with van der Waals surface area (Å²) >= 11 is 3.47. The van der Waals surface area contributed by atoms with Crippen LogP contribution in [0.3, 0.4) is 0 Å². The van der Waals surface area contributed by atoms with Crippen molar-refractivity contribution in [1.29, 1.82) is 0 Å². The zero-order valence-electron chi connectivity index (χ0n) is 16.0. The number of carbonyl (C=O) groups excluding carboxylic acids is 2. The second kappa shape index (κ2) is 8.52. The summed E-state index contributed by atoms with van der Waals surface area (Å²) in [6.45, 7) is 3.85. The van der Waals surface area contributed by atoms with E-state index in [0.717, 1.165) is 26.5 Å². The Morgan fingerprint density at radius 3 is 2.61 bits per heavy atom. The van der Waals surface area contributed by atoms with E-state index in [1.165, 1.54) is 4.90 Å². The SMILES string of the molecule is Cc1ccc2nc(C)c(C(=O)OCC(=O)N(C)Cc3ccccc3Br)cc2c1. The summed E-state index contributed by atoms with van der Waals surface area (Å²) in [4.78, 5) is 30.8. The minimum atomic E-state index is -0.545. The van der Waals surface area contributed by atoms with Crippen molar-refractivity contribution in [3.8, 4) is 0 Å². The van der Waals surface area contributed by atoms with Crippen LogP contribution in [0.4, 0.5) is 0 Å². The normalized spacial score (nSPS) is 10.7. The second-order valence-corrected chi connectivity index (χ2v) is 7.59. The lowest BCUT2D eigenvalue weighted by molar-refractivity contribution is -0.133. The fourth-order valence-corrected chi connectivity index (χ4v) is 3.29. The van der Waals surface area contributed by atoms with Gasteiger partial charge in [0, 0.05) is 23.5 Å². The standard InChI is InChI=1S/C22H21BrN2O3/c1-14-8-9-20-17(10-14)11-18(15(2)24-20)22(27)28-13-21(26)25(3)12-16-6-4-5-7-19(16)23/h4-11H,12-13H2,1-3H3.